The molecule has 0 saturated carbocycles. The van der Waals surface area contributed by atoms with Crippen molar-refractivity contribution in [2.24, 2.45) is 0 Å². The minimum atomic E-state index is -3.51. The van der Waals surface area contributed by atoms with E-state index in [9.17, 15) is 13.5 Å². The number of nitrogens with zero attached hydrogens (tertiary/aromatic N) is 1. The van der Waals surface area contributed by atoms with E-state index in [1.807, 2.05) is 6.07 Å². The number of fused-ring (bicyclic) bond motifs is 1. The highest BCUT2D eigenvalue weighted by Crippen LogP contribution is 2.37. The van der Waals surface area contributed by atoms with Gasteiger partial charge in [-0.1, -0.05) is 24.3 Å². The Morgan fingerprint density at radius 2 is 2.00 bits per heavy atom. The summed E-state index contributed by atoms with van der Waals surface area (Å²) in [6, 6.07) is 10.4. The smallest absolute Gasteiger partial charge is 0.273 e. The Morgan fingerprint density at radius 3 is 2.74 bits per heavy atom. The molecular formula is C13H13NO3S2. The van der Waals surface area contributed by atoms with E-state index in [2.05, 4.69) is 0 Å². The van der Waals surface area contributed by atoms with Gasteiger partial charge in [0.2, 0.25) is 0 Å². The predicted octanol–water partition coefficient (Wildman–Crippen LogP) is 2.38. The van der Waals surface area contributed by atoms with Crippen molar-refractivity contribution in [3.05, 3.63) is 47.3 Å². The summed E-state index contributed by atoms with van der Waals surface area (Å²) >= 11 is 1.21. The molecule has 0 aliphatic carbocycles. The Balaban J connectivity index is 2.11. The highest BCUT2D eigenvalue weighted by atomic mass is 32.2. The summed E-state index contributed by atoms with van der Waals surface area (Å²) in [5, 5.41) is 11.7. The van der Waals surface area contributed by atoms with Crippen LogP contribution in [0.15, 0.2) is 46.0 Å². The van der Waals surface area contributed by atoms with Crippen LogP contribution in [0.2, 0.25) is 0 Å². The third-order valence-electron chi connectivity index (χ3n) is 3.21. The zero-order valence-corrected chi connectivity index (χ0v) is 11.7. The minimum absolute atomic E-state index is 0.304. The normalized spacial score (nSPS) is 19.2. The van der Waals surface area contributed by atoms with Gasteiger partial charge in [0.25, 0.3) is 10.0 Å². The van der Waals surface area contributed by atoms with Crippen LogP contribution in [-0.4, -0.2) is 20.1 Å². The number of anilines is 1. The topological polar surface area (TPSA) is 57.6 Å². The quantitative estimate of drug-likeness (QED) is 0.925. The lowest BCUT2D eigenvalue weighted by atomic mass is 10.0. The Hall–Kier alpha value is -1.37. The molecule has 4 nitrogen and oxygen atoms in total. The summed E-state index contributed by atoms with van der Waals surface area (Å²) in [6.45, 7) is 0.304. The van der Waals surface area contributed by atoms with E-state index in [-0.39, 0.29) is 0 Å². The molecule has 2 aromatic rings. The van der Waals surface area contributed by atoms with Crippen LogP contribution >= 0.6 is 11.3 Å². The first-order chi connectivity index (χ1) is 9.10. The van der Waals surface area contributed by atoms with Gasteiger partial charge in [-0.2, -0.15) is 0 Å². The van der Waals surface area contributed by atoms with Crippen LogP contribution < -0.4 is 4.31 Å². The van der Waals surface area contributed by atoms with Crippen molar-refractivity contribution in [1.82, 2.24) is 0 Å². The number of aliphatic hydroxyl groups is 1. The molecule has 1 atom stereocenters. The average Bonchev–Trinajstić information content (AvgIpc) is 2.94. The van der Waals surface area contributed by atoms with Gasteiger partial charge in [-0.05, 0) is 23.9 Å². The van der Waals surface area contributed by atoms with E-state index >= 15 is 0 Å². The molecule has 1 aliphatic rings. The van der Waals surface area contributed by atoms with Gasteiger partial charge in [-0.3, -0.25) is 4.31 Å². The first-order valence-electron chi connectivity index (χ1n) is 5.94. The Morgan fingerprint density at radius 1 is 1.21 bits per heavy atom. The highest BCUT2D eigenvalue weighted by molar-refractivity contribution is 7.94. The summed E-state index contributed by atoms with van der Waals surface area (Å²) in [6.07, 6.45) is -0.173. The molecule has 0 spiro atoms. The molecule has 0 bridgehead atoms. The number of para-hydroxylation sites is 1. The number of sulfonamides is 1. The second kappa shape index (κ2) is 4.63. The Bertz CT molecular complexity index is 680. The van der Waals surface area contributed by atoms with Crippen molar-refractivity contribution in [3.63, 3.8) is 0 Å². The van der Waals surface area contributed by atoms with Crippen molar-refractivity contribution < 1.29 is 13.5 Å². The van der Waals surface area contributed by atoms with Crippen LogP contribution in [0.4, 0.5) is 5.69 Å². The molecule has 0 saturated heterocycles. The van der Waals surface area contributed by atoms with Crippen LogP contribution in [0.1, 0.15) is 18.1 Å². The van der Waals surface area contributed by atoms with Crippen LogP contribution in [-0.2, 0) is 10.0 Å². The molecule has 100 valence electrons. The van der Waals surface area contributed by atoms with Gasteiger partial charge < -0.3 is 5.11 Å². The molecule has 6 heteroatoms. The lowest BCUT2D eigenvalue weighted by Crippen LogP contribution is -2.36. The zero-order chi connectivity index (χ0) is 13.5. The summed E-state index contributed by atoms with van der Waals surface area (Å²) in [5.74, 6) is 0. The molecule has 1 unspecified atom stereocenters. The van der Waals surface area contributed by atoms with E-state index in [1.165, 1.54) is 15.6 Å². The third kappa shape index (κ3) is 2.05. The van der Waals surface area contributed by atoms with Gasteiger partial charge >= 0.3 is 0 Å². The van der Waals surface area contributed by atoms with Crippen molar-refractivity contribution >= 4 is 27.0 Å². The minimum Gasteiger partial charge on any atom is -0.388 e. The Labute approximate surface area is 116 Å². The van der Waals surface area contributed by atoms with Crippen LogP contribution in [0.25, 0.3) is 0 Å². The largest absolute Gasteiger partial charge is 0.388 e. The number of hydrogen-bond donors (Lipinski definition) is 1. The lowest BCUT2D eigenvalue weighted by molar-refractivity contribution is 0.166. The number of aliphatic hydroxyl groups excluding tert-OH is 1. The maximum Gasteiger partial charge on any atom is 0.273 e. The summed E-state index contributed by atoms with van der Waals surface area (Å²) in [5.41, 5.74) is 1.25. The molecule has 2 heterocycles. The first kappa shape index (κ1) is 12.7. The monoisotopic (exact) mass is 295 g/mol. The number of rotatable bonds is 2. The second-order valence-corrected chi connectivity index (χ2v) is 7.41. The number of thiophene rings is 1. The lowest BCUT2D eigenvalue weighted by Gasteiger charge is -2.32. The van der Waals surface area contributed by atoms with Crippen LogP contribution in [0, 0.1) is 0 Å². The van der Waals surface area contributed by atoms with E-state index in [1.54, 1.807) is 35.7 Å². The average molecular weight is 295 g/mol. The zero-order valence-electron chi connectivity index (χ0n) is 10.1. The van der Waals surface area contributed by atoms with Crippen LogP contribution in [0.5, 0.6) is 0 Å². The van der Waals surface area contributed by atoms with Crippen LogP contribution in [0.3, 0.4) is 0 Å². The maximum absolute atomic E-state index is 12.6. The molecule has 3 rings (SSSR count). The fourth-order valence-electron chi connectivity index (χ4n) is 2.28. The SMILES string of the molecule is O=S(=O)(c1cccs1)N1CCC(O)c2ccccc21. The standard InChI is InChI=1S/C13H13NO3S2/c15-12-7-8-14(11-5-2-1-4-10(11)12)19(16,17)13-6-3-9-18-13/h1-6,9,12,15H,7-8H2. The molecule has 1 aliphatic heterocycles. The molecular weight excluding hydrogens is 282 g/mol. The van der Waals surface area contributed by atoms with Gasteiger partial charge in [-0.25, -0.2) is 8.42 Å². The summed E-state index contributed by atoms with van der Waals surface area (Å²) in [7, 11) is -3.51. The molecule has 19 heavy (non-hydrogen) atoms. The molecule has 0 fully saturated rings. The molecule has 0 radical (unpaired) electrons. The molecule has 1 N–H and O–H groups in total. The Kier molecular flexibility index (Phi) is 3.08. The summed E-state index contributed by atoms with van der Waals surface area (Å²) < 4.78 is 26.9. The van der Waals surface area contributed by atoms with Crippen molar-refractivity contribution in [3.8, 4) is 0 Å². The van der Waals surface area contributed by atoms with E-state index in [0.29, 0.717) is 28.4 Å². The third-order valence-corrected chi connectivity index (χ3v) is 6.40. The predicted molar refractivity (Wildman–Crippen MR) is 74.9 cm³/mol. The summed E-state index contributed by atoms with van der Waals surface area (Å²) in [4.78, 5) is 0. The van der Waals surface area contributed by atoms with E-state index in [0.717, 1.165) is 0 Å². The second-order valence-electron chi connectivity index (χ2n) is 4.37. The van der Waals surface area contributed by atoms with Gasteiger partial charge in [0.1, 0.15) is 4.21 Å². The fourth-order valence-corrected chi connectivity index (χ4v) is 4.89. The number of benzene rings is 1. The highest BCUT2D eigenvalue weighted by Gasteiger charge is 2.32. The maximum atomic E-state index is 12.6. The molecule has 1 aromatic heterocycles. The van der Waals surface area contributed by atoms with Gasteiger partial charge in [0, 0.05) is 12.1 Å². The fraction of sp³-hybridized carbons (Fsp3) is 0.231. The molecule has 0 amide bonds. The van der Waals surface area contributed by atoms with E-state index < -0.39 is 16.1 Å². The first-order valence-corrected chi connectivity index (χ1v) is 8.26. The van der Waals surface area contributed by atoms with E-state index in [4.69, 9.17) is 0 Å². The van der Waals surface area contributed by atoms with Crippen molar-refractivity contribution in [2.45, 2.75) is 16.7 Å². The number of hydrogen-bond acceptors (Lipinski definition) is 4. The van der Waals surface area contributed by atoms with Gasteiger partial charge in [0.15, 0.2) is 0 Å². The molecule has 1 aromatic carbocycles. The van der Waals surface area contributed by atoms with Crippen molar-refractivity contribution in [1.29, 1.82) is 0 Å². The van der Waals surface area contributed by atoms with Gasteiger partial charge in [-0.15, -0.1) is 11.3 Å². The van der Waals surface area contributed by atoms with Gasteiger partial charge in [0.05, 0.1) is 11.8 Å². The van der Waals surface area contributed by atoms with Crippen molar-refractivity contribution in [2.75, 3.05) is 10.8 Å².